The molecule has 0 amide bonds. The molecule has 1 rings (SSSR count). The van der Waals surface area contributed by atoms with Gasteiger partial charge in [0.15, 0.2) is 5.78 Å². The number of ether oxygens (including phenoxy) is 1. The summed E-state index contributed by atoms with van der Waals surface area (Å²) < 4.78 is 4.56. The normalized spacial score (nSPS) is 24.7. The summed E-state index contributed by atoms with van der Waals surface area (Å²) in [6, 6.07) is 0. The minimum Gasteiger partial charge on any atom is -0.481 e. The third-order valence-electron chi connectivity index (χ3n) is 5.81. The van der Waals surface area contributed by atoms with E-state index in [1.54, 1.807) is 12.2 Å². The zero-order valence-electron chi connectivity index (χ0n) is 18.3. The van der Waals surface area contributed by atoms with Gasteiger partial charge in [0.05, 0.1) is 13.2 Å². The van der Waals surface area contributed by atoms with Crippen LogP contribution >= 0.6 is 0 Å². The summed E-state index contributed by atoms with van der Waals surface area (Å²) >= 11 is 0. The van der Waals surface area contributed by atoms with E-state index >= 15 is 0 Å². The van der Waals surface area contributed by atoms with Crippen LogP contribution in [-0.4, -0.2) is 52.2 Å². The molecule has 3 N–H and O–H groups in total. The number of ketones is 1. The number of carbonyl (C=O) groups excluding carboxylic acids is 2. The van der Waals surface area contributed by atoms with Crippen molar-refractivity contribution in [3.8, 4) is 0 Å². The molecule has 0 heterocycles. The van der Waals surface area contributed by atoms with E-state index in [2.05, 4.69) is 4.74 Å². The number of carboxylic acid groups (broad SMARTS) is 2. The van der Waals surface area contributed by atoms with Gasteiger partial charge in [0.2, 0.25) is 0 Å². The van der Waals surface area contributed by atoms with Crippen LogP contribution in [0, 0.1) is 17.3 Å². The Balaban J connectivity index is 2.98. The highest BCUT2D eigenvalue weighted by Crippen LogP contribution is 2.48. The molecular weight excluding hydrogens is 404 g/mol. The van der Waals surface area contributed by atoms with E-state index in [1.165, 1.54) is 19.3 Å². The average molecular weight is 439 g/mol. The number of hydrogen-bond donors (Lipinski definition) is 3. The fourth-order valence-electron chi connectivity index (χ4n) is 3.93. The summed E-state index contributed by atoms with van der Waals surface area (Å²) in [5, 5.41) is 29.5. The van der Waals surface area contributed by atoms with Crippen LogP contribution in [0.4, 0.5) is 0 Å². The highest BCUT2D eigenvalue weighted by molar-refractivity contribution is 6.13. The van der Waals surface area contributed by atoms with Gasteiger partial charge in [-0.3, -0.25) is 19.2 Å². The van der Waals surface area contributed by atoms with Gasteiger partial charge in [0.1, 0.15) is 11.3 Å². The molecule has 31 heavy (non-hydrogen) atoms. The number of rotatable bonds is 14. The van der Waals surface area contributed by atoms with E-state index in [9.17, 15) is 34.5 Å². The zero-order valence-corrected chi connectivity index (χ0v) is 18.3. The molecule has 1 saturated carbocycles. The van der Waals surface area contributed by atoms with Crippen LogP contribution in [0.3, 0.4) is 0 Å². The first kappa shape index (κ1) is 26.6. The predicted molar refractivity (Wildman–Crippen MR) is 113 cm³/mol. The van der Waals surface area contributed by atoms with E-state index in [0.29, 0.717) is 19.3 Å². The van der Waals surface area contributed by atoms with Crippen LogP contribution in [0.15, 0.2) is 24.3 Å². The van der Waals surface area contributed by atoms with Crippen molar-refractivity contribution in [1.82, 2.24) is 0 Å². The second-order valence-electron chi connectivity index (χ2n) is 7.97. The van der Waals surface area contributed by atoms with Gasteiger partial charge in [-0.05, 0) is 32.1 Å². The maximum absolute atomic E-state index is 12.9. The summed E-state index contributed by atoms with van der Waals surface area (Å²) in [6.45, 7) is 2.04. The van der Waals surface area contributed by atoms with Crippen molar-refractivity contribution < 1.29 is 39.2 Å². The van der Waals surface area contributed by atoms with Gasteiger partial charge in [-0.15, -0.1) is 0 Å². The zero-order chi connectivity index (χ0) is 23.4. The molecule has 1 fully saturated rings. The van der Waals surface area contributed by atoms with Crippen molar-refractivity contribution in [3.63, 3.8) is 0 Å². The Kier molecular flexibility index (Phi) is 11.2. The molecule has 2 unspecified atom stereocenters. The Hall–Kier alpha value is -2.48. The van der Waals surface area contributed by atoms with Crippen LogP contribution in [0.5, 0.6) is 0 Å². The van der Waals surface area contributed by atoms with Crippen molar-refractivity contribution in [3.05, 3.63) is 24.3 Å². The Morgan fingerprint density at radius 2 is 1.90 bits per heavy atom. The summed E-state index contributed by atoms with van der Waals surface area (Å²) in [5.74, 6) is -6.09. The topological polar surface area (TPSA) is 138 Å². The highest BCUT2D eigenvalue weighted by Gasteiger charge is 2.60. The molecule has 0 saturated heterocycles. The van der Waals surface area contributed by atoms with Gasteiger partial charge in [-0.25, -0.2) is 0 Å². The first-order chi connectivity index (χ1) is 14.7. The molecule has 8 heteroatoms. The number of carboxylic acids is 2. The summed E-state index contributed by atoms with van der Waals surface area (Å²) in [6.07, 6.45) is 9.75. The van der Waals surface area contributed by atoms with E-state index in [-0.39, 0.29) is 25.2 Å². The first-order valence-electron chi connectivity index (χ1n) is 10.8. The molecule has 1 aliphatic carbocycles. The number of methoxy groups -OCH3 is 1. The minimum absolute atomic E-state index is 0.116. The predicted octanol–water partition coefficient (Wildman–Crippen LogP) is 3.13. The number of Topliss-reactive ketones (excluding diaryl/α,β-unsaturated/α-hetero) is 1. The second-order valence-corrected chi connectivity index (χ2v) is 7.97. The monoisotopic (exact) mass is 438 g/mol. The molecule has 8 nitrogen and oxygen atoms in total. The number of esters is 1. The SMILES string of the molecule is CCCCCC(O)C=C[C@H]1C[C@H](C(=O)O)C(=O)C1(CC=CCCCC(=O)OC)C(=O)O. The summed E-state index contributed by atoms with van der Waals surface area (Å²) in [7, 11) is 1.30. The van der Waals surface area contributed by atoms with E-state index in [0.717, 1.165) is 19.3 Å². The van der Waals surface area contributed by atoms with Gasteiger partial charge in [0.25, 0.3) is 0 Å². The van der Waals surface area contributed by atoms with Gasteiger partial charge in [0, 0.05) is 12.3 Å². The minimum atomic E-state index is -1.89. The molecule has 0 bridgehead atoms. The smallest absolute Gasteiger partial charge is 0.318 e. The Labute approximate surface area is 183 Å². The molecule has 1 aliphatic rings. The molecule has 4 atom stereocenters. The number of aliphatic hydroxyl groups is 1. The third-order valence-corrected chi connectivity index (χ3v) is 5.81. The van der Waals surface area contributed by atoms with E-state index in [4.69, 9.17) is 0 Å². The molecular formula is C23H34O8. The van der Waals surface area contributed by atoms with Crippen LogP contribution in [-0.2, 0) is 23.9 Å². The van der Waals surface area contributed by atoms with Crippen LogP contribution in [0.1, 0.15) is 64.7 Å². The van der Waals surface area contributed by atoms with E-state index < -0.39 is 41.1 Å². The van der Waals surface area contributed by atoms with Gasteiger partial charge >= 0.3 is 17.9 Å². The van der Waals surface area contributed by atoms with Crippen molar-refractivity contribution >= 4 is 23.7 Å². The largest absolute Gasteiger partial charge is 0.481 e. The second kappa shape index (κ2) is 13.0. The summed E-state index contributed by atoms with van der Waals surface area (Å²) in [5.41, 5.74) is -1.89. The fourth-order valence-corrected chi connectivity index (χ4v) is 3.93. The Morgan fingerprint density at radius 3 is 2.48 bits per heavy atom. The average Bonchev–Trinajstić information content (AvgIpc) is 3.01. The molecule has 0 spiro atoms. The lowest BCUT2D eigenvalue weighted by Crippen LogP contribution is -2.42. The van der Waals surface area contributed by atoms with Gasteiger partial charge < -0.3 is 20.1 Å². The standard InChI is InChI=1S/C23H34O8/c1-3-4-7-10-17(24)13-12-16-15-18(21(27)28)20(26)23(16,22(29)30)14-9-6-5-8-11-19(25)31-2/h6,9,12-13,16-18,24H,3-5,7-8,10-11,14-15H2,1-2H3,(H,27,28)(H,29,30)/t16-,17?,18-,23?/m0/s1. The maximum atomic E-state index is 12.9. The summed E-state index contributed by atoms with van der Waals surface area (Å²) in [4.78, 5) is 47.8. The molecule has 0 aromatic rings. The molecule has 0 radical (unpaired) electrons. The number of aliphatic hydroxyl groups excluding tert-OH is 1. The van der Waals surface area contributed by atoms with Crippen molar-refractivity contribution in [2.45, 2.75) is 70.8 Å². The lowest BCUT2D eigenvalue weighted by molar-refractivity contribution is -0.156. The third kappa shape index (κ3) is 7.31. The van der Waals surface area contributed by atoms with Crippen molar-refractivity contribution in [1.29, 1.82) is 0 Å². The number of allylic oxidation sites excluding steroid dienone is 3. The molecule has 0 aliphatic heterocycles. The van der Waals surface area contributed by atoms with Crippen LogP contribution < -0.4 is 0 Å². The quantitative estimate of drug-likeness (QED) is 0.163. The molecule has 0 aromatic heterocycles. The number of aliphatic carboxylic acids is 2. The van der Waals surface area contributed by atoms with Crippen LogP contribution in [0.25, 0.3) is 0 Å². The first-order valence-corrected chi connectivity index (χ1v) is 10.8. The van der Waals surface area contributed by atoms with Gasteiger partial charge in [-0.2, -0.15) is 0 Å². The maximum Gasteiger partial charge on any atom is 0.318 e. The van der Waals surface area contributed by atoms with Crippen LogP contribution in [0.2, 0.25) is 0 Å². The fraction of sp³-hybridized carbons (Fsp3) is 0.652. The van der Waals surface area contributed by atoms with Crippen molar-refractivity contribution in [2.75, 3.05) is 7.11 Å². The lowest BCUT2D eigenvalue weighted by Gasteiger charge is -2.27. The van der Waals surface area contributed by atoms with Crippen molar-refractivity contribution in [2.24, 2.45) is 17.3 Å². The highest BCUT2D eigenvalue weighted by atomic mass is 16.5. The Bertz CT molecular complexity index is 696. The molecule has 0 aromatic carbocycles. The lowest BCUT2D eigenvalue weighted by atomic mass is 9.73. The molecule has 174 valence electrons. The van der Waals surface area contributed by atoms with Gasteiger partial charge in [-0.1, -0.05) is 50.5 Å². The Morgan fingerprint density at radius 1 is 1.19 bits per heavy atom. The number of unbranched alkanes of at least 4 members (excludes halogenated alkanes) is 3. The number of carbonyl (C=O) groups is 4. The number of hydrogen-bond acceptors (Lipinski definition) is 6. The van der Waals surface area contributed by atoms with E-state index in [1.807, 2.05) is 6.92 Å².